The molecule has 2 saturated heterocycles. The van der Waals surface area contributed by atoms with E-state index in [0.29, 0.717) is 5.01 Å². The number of amides is 2. The number of nitroso groups, excluding NO2 is 1. The Morgan fingerprint density at radius 3 is 2.16 bits per heavy atom. The molecule has 0 aromatic rings. The van der Waals surface area contributed by atoms with E-state index < -0.39 is 80.6 Å². The number of aliphatic hydroxyl groups is 7. The lowest BCUT2D eigenvalue weighted by Crippen LogP contribution is -2.67. The Hall–Kier alpha value is -1.24. The van der Waals surface area contributed by atoms with Gasteiger partial charge in [0.1, 0.15) is 48.8 Å². The molecule has 0 aliphatic carbocycles. The molecule has 31 heavy (non-hydrogen) atoms. The number of carbonyl (C=O) groups is 1. The van der Waals surface area contributed by atoms with Crippen molar-refractivity contribution in [1.29, 1.82) is 0 Å². The lowest BCUT2D eigenvalue weighted by Gasteiger charge is -2.46. The van der Waals surface area contributed by atoms with Crippen molar-refractivity contribution in [2.75, 3.05) is 25.6 Å². The van der Waals surface area contributed by atoms with E-state index in [-0.39, 0.29) is 12.4 Å². The summed E-state index contributed by atoms with van der Waals surface area (Å²) in [6.45, 7) is -1.75. The number of rotatable bonds is 8. The van der Waals surface area contributed by atoms with E-state index in [2.05, 4.69) is 10.6 Å². The number of carbonyl (C=O) groups excluding carboxylic acids is 1. The topological polar surface area (TPSA) is 231 Å². The van der Waals surface area contributed by atoms with Crippen LogP contribution in [0.2, 0.25) is 0 Å². The summed E-state index contributed by atoms with van der Waals surface area (Å²) in [6, 6.07) is -1.09. The summed E-state index contributed by atoms with van der Waals surface area (Å²) >= 11 is 5.45. The molecule has 0 radical (unpaired) electrons. The number of halogens is 1. The molecule has 8 N–H and O–H groups in total. The van der Waals surface area contributed by atoms with Crippen molar-refractivity contribution >= 4 is 17.6 Å². The SMILES string of the molecule is O=NN(CCCl)C(=O)NC1O[C@H](CO)[C@@H](O[C@@H]2O[C@H](CO)[C@H](O)[C@H](O)[C@H]2O)[C@H](O)[C@H]1O. The molecule has 1 unspecified atom stereocenters. The predicted molar refractivity (Wildman–Crippen MR) is 98.2 cm³/mol. The first kappa shape index (κ1) is 26.0. The highest BCUT2D eigenvalue weighted by atomic mass is 35.5. The second-order valence-electron chi connectivity index (χ2n) is 6.90. The highest BCUT2D eigenvalue weighted by Crippen LogP contribution is 2.28. The van der Waals surface area contributed by atoms with Crippen molar-refractivity contribution in [3.05, 3.63) is 4.91 Å². The monoisotopic (exact) mass is 475 g/mol. The molecule has 0 spiro atoms. The van der Waals surface area contributed by atoms with Gasteiger partial charge in [0.05, 0.1) is 25.0 Å². The minimum absolute atomic E-state index is 0.107. The molecular formula is C15H26ClN3O12. The average molecular weight is 476 g/mol. The predicted octanol–water partition coefficient (Wildman–Crippen LogP) is -4.46. The molecule has 2 rings (SSSR count). The summed E-state index contributed by atoms with van der Waals surface area (Å²) in [5.74, 6) is -0.107. The highest BCUT2D eigenvalue weighted by Gasteiger charge is 2.50. The van der Waals surface area contributed by atoms with Crippen molar-refractivity contribution in [3.8, 4) is 0 Å². The summed E-state index contributed by atoms with van der Waals surface area (Å²) in [5.41, 5.74) is 0. The first-order valence-electron chi connectivity index (χ1n) is 9.25. The first-order chi connectivity index (χ1) is 14.7. The van der Waals surface area contributed by atoms with Gasteiger partial charge in [-0.1, -0.05) is 0 Å². The maximum absolute atomic E-state index is 12.0. The van der Waals surface area contributed by atoms with Gasteiger partial charge >= 0.3 is 6.03 Å². The van der Waals surface area contributed by atoms with E-state index in [1.807, 2.05) is 0 Å². The lowest BCUT2D eigenvalue weighted by molar-refractivity contribution is -0.342. The molecular weight excluding hydrogens is 450 g/mol. The van der Waals surface area contributed by atoms with Gasteiger partial charge in [0.15, 0.2) is 12.5 Å². The van der Waals surface area contributed by atoms with Crippen molar-refractivity contribution in [1.82, 2.24) is 10.3 Å². The van der Waals surface area contributed by atoms with E-state index >= 15 is 0 Å². The quantitative estimate of drug-likeness (QED) is 0.0943. The molecule has 15 nitrogen and oxygen atoms in total. The van der Waals surface area contributed by atoms with Gasteiger partial charge in [-0.05, 0) is 0 Å². The van der Waals surface area contributed by atoms with Crippen LogP contribution in [0.1, 0.15) is 0 Å². The molecule has 2 amide bonds. The van der Waals surface area contributed by atoms with Crippen LogP contribution in [0.15, 0.2) is 5.29 Å². The second kappa shape index (κ2) is 11.6. The summed E-state index contributed by atoms with van der Waals surface area (Å²) in [4.78, 5) is 22.7. The Labute approximate surface area is 180 Å². The van der Waals surface area contributed by atoms with Gasteiger partial charge in [-0.25, -0.2) is 4.79 Å². The van der Waals surface area contributed by atoms with E-state index in [0.717, 1.165) is 0 Å². The number of urea groups is 1. The minimum Gasteiger partial charge on any atom is -0.394 e. The van der Waals surface area contributed by atoms with Crippen LogP contribution in [0.4, 0.5) is 4.79 Å². The van der Waals surface area contributed by atoms with Crippen LogP contribution in [0.25, 0.3) is 0 Å². The van der Waals surface area contributed by atoms with Crippen LogP contribution in [-0.4, -0.2) is 134 Å². The van der Waals surface area contributed by atoms with Gasteiger partial charge in [-0.2, -0.15) is 5.01 Å². The van der Waals surface area contributed by atoms with Gasteiger partial charge in [-0.3, -0.25) is 0 Å². The highest BCUT2D eigenvalue weighted by molar-refractivity contribution is 6.18. The van der Waals surface area contributed by atoms with E-state index in [4.69, 9.17) is 25.8 Å². The fraction of sp³-hybridized carbons (Fsp3) is 0.933. The lowest BCUT2D eigenvalue weighted by atomic mass is 9.96. The minimum atomic E-state index is -1.83. The fourth-order valence-corrected chi connectivity index (χ4v) is 3.32. The third kappa shape index (κ3) is 5.77. The molecule has 2 fully saturated rings. The zero-order valence-corrected chi connectivity index (χ0v) is 16.8. The standard InChI is InChI=1S/C15H26ClN3O12/c16-1-2-19(18-28)15(27)17-13-10(25)9(24)12(6(4-21)29-13)31-14-11(26)8(23)7(22)5(3-20)30-14/h5-14,20-26H,1-4H2,(H,17,27)/t5-,6-,7+,8+,9-,10-,11-,12-,13?,14+/m1/s1. The summed E-state index contributed by atoms with van der Waals surface area (Å²) in [5, 5.41) is 74.3. The van der Waals surface area contributed by atoms with Crippen LogP contribution in [0.3, 0.4) is 0 Å². The Kier molecular flexibility index (Phi) is 9.71. The number of ether oxygens (including phenoxy) is 3. The maximum Gasteiger partial charge on any atom is 0.342 e. The summed E-state index contributed by atoms with van der Waals surface area (Å²) in [6.07, 6.45) is -16.3. The zero-order valence-electron chi connectivity index (χ0n) is 16.0. The van der Waals surface area contributed by atoms with Gasteiger partial charge in [0.2, 0.25) is 0 Å². The number of hydrogen-bond acceptors (Lipinski definition) is 13. The average Bonchev–Trinajstić information content (AvgIpc) is 2.76. The molecule has 0 aromatic carbocycles. The van der Waals surface area contributed by atoms with Crippen molar-refractivity contribution < 1.29 is 54.8 Å². The molecule has 2 heterocycles. The Morgan fingerprint density at radius 2 is 1.61 bits per heavy atom. The van der Waals surface area contributed by atoms with Crippen LogP contribution in [0.5, 0.6) is 0 Å². The number of alkyl halides is 1. The second-order valence-corrected chi connectivity index (χ2v) is 7.28. The third-order valence-electron chi connectivity index (χ3n) is 4.90. The van der Waals surface area contributed by atoms with Crippen molar-refractivity contribution in [2.45, 2.75) is 61.3 Å². The zero-order chi connectivity index (χ0) is 23.3. The molecule has 10 atom stereocenters. The Bertz CT molecular complexity index is 602. The number of aliphatic hydroxyl groups excluding tert-OH is 7. The van der Waals surface area contributed by atoms with Crippen LogP contribution in [-0.2, 0) is 14.2 Å². The third-order valence-corrected chi connectivity index (χ3v) is 5.07. The van der Waals surface area contributed by atoms with Crippen LogP contribution in [0, 0.1) is 4.91 Å². The van der Waals surface area contributed by atoms with E-state index in [1.54, 1.807) is 0 Å². The normalized spacial score (nSPS) is 40.9. The van der Waals surface area contributed by atoms with Crippen LogP contribution < -0.4 is 5.32 Å². The number of nitrogens with zero attached hydrogens (tertiary/aromatic N) is 2. The first-order valence-corrected chi connectivity index (χ1v) is 9.79. The van der Waals surface area contributed by atoms with E-state index in [9.17, 15) is 45.4 Å². The molecule has 0 saturated carbocycles. The maximum atomic E-state index is 12.0. The Balaban J connectivity index is 2.10. The number of nitrogens with one attached hydrogen (secondary N) is 1. The van der Waals surface area contributed by atoms with Gasteiger partial charge in [0.25, 0.3) is 0 Å². The molecule has 180 valence electrons. The molecule has 2 aliphatic rings. The van der Waals surface area contributed by atoms with Gasteiger partial charge in [0, 0.05) is 5.88 Å². The van der Waals surface area contributed by atoms with Gasteiger partial charge in [-0.15, -0.1) is 16.5 Å². The largest absolute Gasteiger partial charge is 0.394 e. The van der Waals surface area contributed by atoms with E-state index in [1.165, 1.54) is 0 Å². The summed E-state index contributed by atoms with van der Waals surface area (Å²) in [7, 11) is 0. The van der Waals surface area contributed by atoms with Crippen molar-refractivity contribution in [3.63, 3.8) is 0 Å². The molecule has 0 bridgehead atoms. The summed E-state index contributed by atoms with van der Waals surface area (Å²) < 4.78 is 15.9. The number of hydrogen-bond donors (Lipinski definition) is 8. The molecule has 16 heteroatoms. The molecule has 0 aromatic heterocycles. The fourth-order valence-electron chi connectivity index (χ4n) is 3.16. The smallest absolute Gasteiger partial charge is 0.342 e. The van der Waals surface area contributed by atoms with Crippen LogP contribution >= 0.6 is 11.6 Å². The molecule has 2 aliphatic heterocycles. The van der Waals surface area contributed by atoms with Crippen molar-refractivity contribution in [2.24, 2.45) is 5.29 Å². The Morgan fingerprint density at radius 1 is 0.968 bits per heavy atom. The van der Waals surface area contributed by atoms with Gasteiger partial charge < -0.3 is 55.3 Å².